The summed E-state index contributed by atoms with van der Waals surface area (Å²) in [5, 5.41) is 0. The summed E-state index contributed by atoms with van der Waals surface area (Å²) in [4.78, 5) is 6.34. The minimum absolute atomic E-state index is 0. The van der Waals surface area contributed by atoms with Crippen molar-refractivity contribution in [3.05, 3.63) is 51.2 Å². The van der Waals surface area contributed by atoms with Gasteiger partial charge in [-0.25, -0.2) is 0 Å². The maximum Gasteiger partial charge on any atom is 0.0931 e. The van der Waals surface area contributed by atoms with E-state index >= 15 is 0 Å². The Labute approximate surface area is 159 Å². The first-order chi connectivity index (χ1) is 10.2. The molecule has 1 saturated heterocycles. The van der Waals surface area contributed by atoms with E-state index < -0.39 is 0 Å². The number of benzene rings is 1. The van der Waals surface area contributed by atoms with Crippen molar-refractivity contribution in [1.29, 1.82) is 0 Å². The summed E-state index contributed by atoms with van der Waals surface area (Å²) >= 11 is 7.67. The number of anilines is 1. The molecule has 7 heteroatoms. The predicted molar refractivity (Wildman–Crippen MR) is 105 cm³/mol. The molecule has 3 rings (SSSR count). The van der Waals surface area contributed by atoms with Gasteiger partial charge >= 0.3 is 0 Å². The maximum atomic E-state index is 5.99. The number of nitrogens with zero attached hydrogens (tertiary/aromatic N) is 2. The van der Waals surface area contributed by atoms with E-state index in [0.29, 0.717) is 0 Å². The van der Waals surface area contributed by atoms with Crippen LogP contribution in [0.2, 0.25) is 4.34 Å². The van der Waals surface area contributed by atoms with E-state index in [4.69, 9.17) is 17.3 Å². The average Bonchev–Trinajstić information content (AvgIpc) is 2.86. The monoisotopic (exact) mass is 393 g/mol. The van der Waals surface area contributed by atoms with Crippen LogP contribution in [0.1, 0.15) is 10.4 Å². The van der Waals surface area contributed by atoms with Gasteiger partial charge in [0.05, 0.1) is 4.34 Å². The molecule has 128 valence electrons. The Morgan fingerprint density at radius 1 is 0.957 bits per heavy atom. The SMILES string of the molecule is Cl.Cl.Nc1cccc(CN2CCN(Cc3ccc(Cl)s3)CC2)c1. The first-order valence-electron chi connectivity index (χ1n) is 7.22. The highest BCUT2D eigenvalue weighted by Gasteiger charge is 2.17. The lowest BCUT2D eigenvalue weighted by Gasteiger charge is -2.34. The first kappa shape index (κ1) is 20.6. The van der Waals surface area contributed by atoms with E-state index in [-0.39, 0.29) is 24.8 Å². The molecule has 1 aromatic carbocycles. The van der Waals surface area contributed by atoms with Crippen molar-refractivity contribution in [1.82, 2.24) is 9.80 Å². The number of nitrogen functional groups attached to an aromatic ring is 1. The summed E-state index contributed by atoms with van der Waals surface area (Å²) in [5.41, 5.74) is 7.98. The molecule has 0 aliphatic carbocycles. The second kappa shape index (κ2) is 9.72. The molecular weight excluding hydrogens is 373 g/mol. The molecule has 0 spiro atoms. The van der Waals surface area contributed by atoms with E-state index in [1.165, 1.54) is 10.4 Å². The second-order valence-corrected chi connectivity index (χ2v) is 7.30. The second-order valence-electron chi connectivity index (χ2n) is 5.50. The lowest BCUT2D eigenvalue weighted by Crippen LogP contribution is -2.45. The Kier molecular flexibility index (Phi) is 8.69. The lowest BCUT2D eigenvalue weighted by molar-refractivity contribution is 0.123. The summed E-state index contributed by atoms with van der Waals surface area (Å²) in [5.74, 6) is 0. The minimum Gasteiger partial charge on any atom is -0.399 e. The minimum atomic E-state index is 0. The van der Waals surface area contributed by atoms with E-state index in [9.17, 15) is 0 Å². The molecule has 0 saturated carbocycles. The first-order valence-corrected chi connectivity index (χ1v) is 8.42. The van der Waals surface area contributed by atoms with Crippen LogP contribution in [0.3, 0.4) is 0 Å². The average molecular weight is 395 g/mol. The van der Waals surface area contributed by atoms with Gasteiger partial charge in [-0.05, 0) is 29.8 Å². The Morgan fingerprint density at radius 3 is 2.17 bits per heavy atom. The molecule has 0 amide bonds. The van der Waals surface area contributed by atoms with Crippen LogP contribution in [0, 0.1) is 0 Å². The zero-order chi connectivity index (χ0) is 14.7. The van der Waals surface area contributed by atoms with Crippen molar-refractivity contribution in [2.45, 2.75) is 13.1 Å². The third kappa shape index (κ3) is 6.14. The van der Waals surface area contributed by atoms with E-state index in [0.717, 1.165) is 49.3 Å². The van der Waals surface area contributed by atoms with Crippen LogP contribution in [-0.2, 0) is 13.1 Å². The molecule has 2 N–H and O–H groups in total. The molecule has 0 unspecified atom stereocenters. The third-order valence-corrected chi connectivity index (χ3v) is 5.05. The van der Waals surface area contributed by atoms with Crippen molar-refractivity contribution >= 4 is 53.4 Å². The fourth-order valence-corrected chi connectivity index (χ4v) is 3.84. The largest absolute Gasteiger partial charge is 0.399 e. The number of piperazine rings is 1. The predicted octanol–water partition coefficient (Wildman–Crippen LogP) is 4.15. The van der Waals surface area contributed by atoms with Gasteiger partial charge in [-0.1, -0.05) is 23.7 Å². The molecular formula is C16H22Cl3N3S. The van der Waals surface area contributed by atoms with Gasteiger partial charge < -0.3 is 5.73 Å². The fourth-order valence-electron chi connectivity index (χ4n) is 2.71. The molecule has 0 bridgehead atoms. The highest BCUT2D eigenvalue weighted by molar-refractivity contribution is 7.16. The van der Waals surface area contributed by atoms with Crippen LogP contribution in [-0.4, -0.2) is 36.0 Å². The van der Waals surface area contributed by atoms with Crippen LogP contribution in [0.4, 0.5) is 5.69 Å². The lowest BCUT2D eigenvalue weighted by atomic mass is 10.2. The molecule has 1 aliphatic heterocycles. The van der Waals surface area contributed by atoms with Gasteiger partial charge in [0.1, 0.15) is 0 Å². The number of rotatable bonds is 4. The van der Waals surface area contributed by atoms with Crippen LogP contribution in [0.15, 0.2) is 36.4 Å². The Bertz CT molecular complexity index is 598. The van der Waals surface area contributed by atoms with Gasteiger partial charge in [-0.15, -0.1) is 36.2 Å². The molecule has 1 aliphatic rings. The van der Waals surface area contributed by atoms with Crippen LogP contribution >= 0.6 is 47.8 Å². The van der Waals surface area contributed by atoms with Gasteiger partial charge in [0.15, 0.2) is 0 Å². The number of thiophene rings is 1. The van der Waals surface area contributed by atoms with Gasteiger partial charge in [-0.2, -0.15) is 0 Å². The molecule has 3 nitrogen and oxygen atoms in total. The standard InChI is InChI=1S/C16H20ClN3S.2ClH/c17-16-5-4-15(21-16)12-20-8-6-19(7-9-20)11-13-2-1-3-14(18)10-13;;/h1-5,10H,6-9,11-12,18H2;2*1H. The quantitative estimate of drug-likeness (QED) is 0.791. The zero-order valence-corrected chi connectivity index (χ0v) is 16.0. The topological polar surface area (TPSA) is 32.5 Å². The van der Waals surface area contributed by atoms with Crippen molar-refractivity contribution in [3.8, 4) is 0 Å². The third-order valence-electron chi connectivity index (χ3n) is 3.83. The summed E-state index contributed by atoms with van der Waals surface area (Å²) < 4.78 is 0.880. The maximum absolute atomic E-state index is 5.99. The number of nitrogens with two attached hydrogens (primary N) is 1. The molecule has 2 heterocycles. The normalized spacial score (nSPS) is 15.7. The van der Waals surface area contributed by atoms with Crippen LogP contribution in [0.25, 0.3) is 0 Å². The van der Waals surface area contributed by atoms with E-state index in [2.05, 4.69) is 28.0 Å². The Morgan fingerprint density at radius 2 is 1.61 bits per heavy atom. The van der Waals surface area contributed by atoms with Crippen molar-refractivity contribution in [2.75, 3.05) is 31.9 Å². The fraction of sp³-hybridized carbons (Fsp3) is 0.375. The number of halogens is 3. The highest BCUT2D eigenvalue weighted by atomic mass is 35.5. The van der Waals surface area contributed by atoms with Gasteiger partial charge in [0, 0.05) is 49.8 Å². The smallest absolute Gasteiger partial charge is 0.0931 e. The molecule has 0 atom stereocenters. The van der Waals surface area contributed by atoms with E-state index in [1.807, 2.05) is 18.2 Å². The van der Waals surface area contributed by atoms with Crippen LogP contribution < -0.4 is 5.73 Å². The number of hydrogen-bond acceptors (Lipinski definition) is 4. The highest BCUT2D eigenvalue weighted by Crippen LogP contribution is 2.23. The van der Waals surface area contributed by atoms with Crippen molar-refractivity contribution in [3.63, 3.8) is 0 Å². The Balaban J connectivity index is 0.00000132. The molecule has 23 heavy (non-hydrogen) atoms. The number of hydrogen-bond donors (Lipinski definition) is 1. The Hall–Kier alpha value is -0.490. The molecule has 1 fully saturated rings. The van der Waals surface area contributed by atoms with Gasteiger partial charge in [0.25, 0.3) is 0 Å². The van der Waals surface area contributed by atoms with Crippen LogP contribution in [0.5, 0.6) is 0 Å². The summed E-state index contributed by atoms with van der Waals surface area (Å²) in [7, 11) is 0. The molecule has 1 aromatic heterocycles. The van der Waals surface area contributed by atoms with Crippen molar-refractivity contribution in [2.24, 2.45) is 0 Å². The summed E-state index contributed by atoms with van der Waals surface area (Å²) in [6, 6.07) is 12.3. The molecule has 2 aromatic rings. The van der Waals surface area contributed by atoms with Gasteiger partial charge in [0.2, 0.25) is 0 Å². The summed E-state index contributed by atoms with van der Waals surface area (Å²) in [6.45, 7) is 6.44. The molecule has 0 radical (unpaired) electrons. The van der Waals surface area contributed by atoms with Gasteiger partial charge in [-0.3, -0.25) is 9.80 Å². The van der Waals surface area contributed by atoms with Crippen molar-refractivity contribution < 1.29 is 0 Å². The van der Waals surface area contributed by atoms with E-state index in [1.54, 1.807) is 11.3 Å². The summed E-state index contributed by atoms with van der Waals surface area (Å²) in [6.07, 6.45) is 0. The zero-order valence-electron chi connectivity index (χ0n) is 12.8.